The molecule has 0 aliphatic carbocycles. The van der Waals surface area contributed by atoms with Crippen molar-refractivity contribution in [3.05, 3.63) is 41.9 Å². The minimum atomic E-state index is -0.570. The summed E-state index contributed by atoms with van der Waals surface area (Å²) in [6, 6.07) is 4.11. The number of aryl methyl sites for hydroxylation is 1. The van der Waals surface area contributed by atoms with E-state index in [-0.39, 0.29) is 0 Å². The average Bonchev–Trinajstić information content (AvgIpc) is 2.61. The molecule has 0 saturated heterocycles. The summed E-state index contributed by atoms with van der Waals surface area (Å²) in [5.74, 6) is 0.120. The Bertz CT molecular complexity index is 792. The van der Waals surface area contributed by atoms with E-state index in [0.29, 0.717) is 29.4 Å². The van der Waals surface area contributed by atoms with Crippen LogP contribution in [-0.4, -0.2) is 54.1 Å². The van der Waals surface area contributed by atoms with E-state index >= 15 is 0 Å². The number of hydrogen-bond donors (Lipinski definition) is 3. The highest BCUT2D eigenvalue weighted by atomic mass is 16.5. The van der Waals surface area contributed by atoms with Crippen molar-refractivity contribution in [3.63, 3.8) is 0 Å². The SMILES string of the molecule is Cc1cnc(NC(=O)Nc2ccc(C(N)=O)cc2OCCCN(C)C)cn1. The van der Waals surface area contributed by atoms with Crippen LogP contribution in [0.4, 0.5) is 16.3 Å². The van der Waals surface area contributed by atoms with Gasteiger partial charge in [-0.3, -0.25) is 15.1 Å². The van der Waals surface area contributed by atoms with Crippen molar-refractivity contribution in [2.45, 2.75) is 13.3 Å². The Morgan fingerprint density at radius 3 is 2.59 bits per heavy atom. The highest BCUT2D eigenvalue weighted by Crippen LogP contribution is 2.26. The molecule has 0 atom stereocenters. The van der Waals surface area contributed by atoms with Gasteiger partial charge in [-0.1, -0.05) is 0 Å². The Hall–Kier alpha value is -3.20. The number of ether oxygens (including phenoxy) is 1. The van der Waals surface area contributed by atoms with Crippen molar-refractivity contribution in [2.24, 2.45) is 5.73 Å². The maximum absolute atomic E-state index is 12.2. The fraction of sp³-hybridized carbons (Fsp3) is 0.333. The summed E-state index contributed by atoms with van der Waals surface area (Å²) in [6.07, 6.45) is 3.80. The minimum absolute atomic E-state index is 0.299. The van der Waals surface area contributed by atoms with Gasteiger partial charge < -0.3 is 20.7 Å². The second-order valence-corrected chi connectivity index (χ2v) is 6.20. The van der Waals surface area contributed by atoms with Crippen LogP contribution in [-0.2, 0) is 0 Å². The molecule has 3 amide bonds. The van der Waals surface area contributed by atoms with Crippen molar-refractivity contribution in [3.8, 4) is 5.75 Å². The van der Waals surface area contributed by atoms with Crippen LogP contribution in [0.5, 0.6) is 5.75 Å². The van der Waals surface area contributed by atoms with E-state index in [1.165, 1.54) is 18.3 Å². The predicted octanol–water partition coefficient (Wildman–Crippen LogP) is 1.86. The number of anilines is 2. The number of nitrogens with zero attached hydrogens (tertiary/aromatic N) is 3. The van der Waals surface area contributed by atoms with Gasteiger partial charge in [-0.15, -0.1) is 0 Å². The predicted molar refractivity (Wildman–Crippen MR) is 103 cm³/mol. The third-order valence-electron chi connectivity index (χ3n) is 3.54. The summed E-state index contributed by atoms with van der Waals surface area (Å²) in [7, 11) is 3.94. The molecule has 144 valence electrons. The van der Waals surface area contributed by atoms with Gasteiger partial charge in [-0.25, -0.2) is 9.78 Å². The number of amides is 3. The molecule has 1 aromatic carbocycles. The van der Waals surface area contributed by atoms with Crippen LogP contribution in [0.15, 0.2) is 30.6 Å². The molecular formula is C18H24N6O3. The maximum atomic E-state index is 12.2. The van der Waals surface area contributed by atoms with Gasteiger partial charge >= 0.3 is 6.03 Å². The molecule has 0 aliphatic heterocycles. The fourth-order valence-corrected chi connectivity index (χ4v) is 2.19. The Morgan fingerprint density at radius 2 is 1.96 bits per heavy atom. The number of nitrogens with one attached hydrogen (secondary N) is 2. The molecule has 2 rings (SSSR count). The normalized spacial score (nSPS) is 10.5. The topological polar surface area (TPSA) is 122 Å². The van der Waals surface area contributed by atoms with Crippen molar-refractivity contribution < 1.29 is 14.3 Å². The number of rotatable bonds is 8. The van der Waals surface area contributed by atoms with Crippen molar-refractivity contribution in [2.75, 3.05) is 37.9 Å². The van der Waals surface area contributed by atoms with Gasteiger partial charge in [0, 0.05) is 12.1 Å². The first-order valence-corrected chi connectivity index (χ1v) is 8.43. The van der Waals surface area contributed by atoms with Crippen LogP contribution < -0.4 is 21.1 Å². The molecular weight excluding hydrogens is 348 g/mol. The highest BCUT2D eigenvalue weighted by molar-refractivity contribution is 6.01. The van der Waals surface area contributed by atoms with Gasteiger partial charge in [-0.2, -0.15) is 0 Å². The minimum Gasteiger partial charge on any atom is -0.491 e. The second-order valence-electron chi connectivity index (χ2n) is 6.20. The van der Waals surface area contributed by atoms with Crippen LogP contribution >= 0.6 is 0 Å². The summed E-state index contributed by atoms with van der Waals surface area (Å²) in [4.78, 5) is 33.8. The van der Waals surface area contributed by atoms with Crippen LogP contribution in [0.3, 0.4) is 0 Å². The third kappa shape index (κ3) is 6.55. The summed E-state index contributed by atoms with van der Waals surface area (Å²) in [5.41, 5.74) is 6.79. The molecule has 0 spiro atoms. The van der Waals surface area contributed by atoms with Gasteiger partial charge in [0.05, 0.1) is 30.4 Å². The lowest BCUT2D eigenvalue weighted by Gasteiger charge is -2.15. The molecule has 0 saturated carbocycles. The number of primary amides is 1. The molecule has 4 N–H and O–H groups in total. The van der Waals surface area contributed by atoms with Crippen molar-refractivity contribution in [1.29, 1.82) is 0 Å². The number of benzene rings is 1. The second kappa shape index (κ2) is 9.48. The van der Waals surface area contributed by atoms with E-state index in [4.69, 9.17) is 10.5 Å². The first kappa shape index (κ1) is 20.1. The molecule has 1 aromatic heterocycles. The summed E-state index contributed by atoms with van der Waals surface area (Å²) >= 11 is 0. The molecule has 9 heteroatoms. The van der Waals surface area contributed by atoms with E-state index in [1.54, 1.807) is 19.2 Å². The number of hydrogen-bond acceptors (Lipinski definition) is 6. The fourth-order valence-electron chi connectivity index (χ4n) is 2.19. The highest BCUT2D eigenvalue weighted by Gasteiger charge is 2.12. The first-order valence-electron chi connectivity index (χ1n) is 8.43. The zero-order valence-corrected chi connectivity index (χ0v) is 15.7. The largest absolute Gasteiger partial charge is 0.491 e. The van der Waals surface area contributed by atoms with Crippen LogP contribution in [0.1, 0.15) is 22.5 Å². The van der Waals surface area contributed by atoms with Crippen LogP contribution in [0.2, 0.25) is 0 Å². The van der Waals surface area contributed by atoms with Crippen LogP contribution in [0.25, 0.3) is 0 Å². The molecule has 0 radical (unpaired) electrons. The zero-order valence-electron chi connectivity index (χ0n) is 15.7. The van der Waals surface area contributed by atoms with Gasteiger partial charge in [-0.05, 0) is 45.6 Å². The van der Waals surface area contributed by atoms with Crippen molar-refractivity contribution in [1.82, 2.24) is 14.9 Å². The zero-order chi connectivity index (χ0) is 19.8. The molecule has 0 fully saturated rings. The quantitative estimate of drug-likeness (QED) is 0.608. The standard InChI is InChI=1S/C18H24N6O3/c1-12-10-21-16(11-20-12)23-18(26)22-14-6-5-13(17(19)25)9-15(14)27-8-4-7-24(2)3/h5-6,9-11H,4,7-8H2,1-3H3,(H2,19,25)(H2,21,22,23,26). The lowest BCUT2D eigenvalue weighted by Crippen LogP contribution is -2.21. The summed E-state index contributed by atoms with van der Waals surface area (Å²) < 4.78 is 5.74. The molecule has 9 nitrogen and oxygen atoms in total. The molecule has 27 heavy (non-hydrogen) atoms. The number of urea groups is 1. The third-order valence-corrected chi connectivity index (χ3v) is 3.54. The first-order chi connectivity index (χ1) is 12.8. The van der Waals surface area contributed by atoms with E-state index in [2.05, 4.69) is 20.6 Å². The molecule has 0 unspecified atom stereocenters. The maximum Gasteiger partial charge on any atom is 0.324 e. The molecule has 0 aliphatic rings. The smallest absolute Gasteiger partial charge is 0.324 e. The molecule has 1 heterocycles. The van der Waals surface area contributed by atoms with E-state index in [1.807, 2.05) is 19.0 Å². The number of nitrogens with two attached hydrogens (primary N) is 1. The van der Waals surface area contributed by atoms with Gasteiger partial charge in [0.1, 0.15) is 5.75 Å². The summed E-state index contributed by atoms with van der Waals surface area (Å²) in [6.45, 7) is 3.09. The Morgan fingerprint density at radius 1 is 1.19 bits per heavy atom. The van der Waals surface area contributed by atoms with E-state index < -0.39 is 11.9 Å². The Kier molecular flexibility index (Phi) is 7.07. The Labute approximate surface area is 157 Å². The summed E-state index contributed by atoms with van der Waals surface area (Å²) in [5, 5.41) is 5.27. The average molecular weight is 372 g/mol. The van der Waals surface area contributed by atoms with Gasteiger partial charge in [0.25, 0.3) is 0 Å². The van der Waals surface area contributed by atoms with Gasteiger partial charge in [0.15, 0.2) is 5.82 Å². The number of carbonyl (C=O) groups is 2. The van der Waals surface area contributed by atoms with Crippen molar-refractivity contribution >= 4 is 23.4 Å². The lowest BCUT2D eigenvalue weighted by atomic mass is 10.2. The van der Waals surface area contributed by atoms with Gasteiger partial charge in [0.2, 0.25) is 5.91 Å². The van der Waals surface area contributed by atoms with E-state index in [0.717, 1.165) is 18.7 Å². The molecule has 0 bridgehead atoms. The number of carbonyl (C=O) groups excluding carboxylic acids is 2. The van der Waals surface area contributed by atoms with Crippen LogP contribution in [0, 0.1) is 6.92 Å². The van der Waals surface area contributed by atoms with E-state index in [9.17, 15) is 9.59 Å². The Balaban J connectivity index is 2.07. The monoisotopic (exact) mass is 372 g/mol. The molecule has 2 aromatic rings. The number of aromatic nitrogens is 2. The lowest BCUT2D eigenvalue weighted by molar-refractivity contribution is 0.1000.